The van der Waals surface area contributed by atoms with Gasteiger partial charge in [-0.2, -0.15) is 0 Å². The molecule has 0 amide bonds. The monoisotopic (exact) mass is 279 g/mol. The molecule has 1 aliphatic rings. The van der Waals surface area contributed by atoms with Gasteiger partial charge in [0, 0.05) is 17.5 Å². The molecular weight excluding hydrogens is 258 g/mol. The molecule has 0 saturated heterocycles. The summed E-state index contributed by atoms with van der Waals surface area (Å²) in [7, 11) is 0. The maximum absolute atomic E-state index is 11.8. The van der Waals surface area contributed by atoms with Gasteiger partial charge in [0.05, 0.1) is 13.2 Å². The van der Waals surface area contributed by atoms with E-state index in [1.807, 2.05) is 19.9 Å². The maximum atomic E-state index is 11.8. The van der Waals surface area contributed by atoms with Crippen LogP contribution in [0.3, 0.4) is 0 Å². The molecule has 2 N–H and O–H groups in total. The summed E-state index contributed by atoms with van der Waals surface area (Å²) in [6.45, 7) is 6.46. The minimum absolute atomic E-state index is 0.133. The first-order valence-electron chi connectivity index (χ1n) is 6.95. The van der Waals surface area contributed by atoms with Gasteiger partial charge in [0.2, 0.25) is 0 Å². The lowest BCUT2D eigenvalue weighted by atomic mass is 10.0. The van der Waals surface area contributed by atoms with E-state index >= 15 is 0 Å². The second kappa shape index (κ2) is 6.13. The normalized spacial score (nSPS) is 18.1. The zero-order valence-corrected chi connectivity index (χ0v) is 12.1. The van der Waals surface area contributed by atoms with Crippen molar-refractivity contribution in [2.75, 3.05) is 13.2 Å². The SMILES string of the molecule is CCOC(=O)C(N)c1cc2c(cc1OCC)CC(C)O2. The summed E-state index contributed by atoms with van der Waals surface area (Å²) >= 11 is 0. The molecule has 1 aromatic rings. The van der Waals surface area contributed by atoms with Crippen LogP contribution in [0.2, 0.25) is 0 Å². The summed E-state index contributed by atoms with van der Waals surface area (Å²) in [4.78, 5) is 11.8. The van der Waals surface area contributed by atoms with Gasteiger partial charge in [-0.05, 0) is 32.9 Å². The van der Waals surface area contributed by atoms with Gasteiger partial charge >= 0.3 is 5.97 Å². The predicted molar refractivity (Wildman–Crippen MR) is 75.0 cm³/mol. The molecule has 0 aromatic heterocycles. The molecule has 0 spiro atoms. The van der Waals surface area contributed by atoms with E-state index in [4.69, 9.17) is 19.9 Å². The highest BCUT2D eigenvalue weighted by atomic mass is 16.5. The zero-order chi connectivity index (χ0) is 14.7. The number of hydrogen-bond donors (Lipinski definition) is 1. The molecule has 1 aromatic carbocycles. The molecule has 0 fully saturated rings. The zero-order valence-electron chi connectivity index (χ0n) is 12.1. The average Bonchev–Trinajstić information content (AvgIpc) is 2.77. The van der Waals surface area contributed by atoms with Crippen LogP contribution in [0.15, 0.2) is 12.1 Å². The summed E-state index contributed by atoms with van der Waals surface area (Å²) < 4.78 is 16.3. The molecule has 2 atom stereocenters. The van der Waals surface area contributed by atoms with Crippen molar-refractivity contribution in [2.45, 2.75) is 39.3 Å². The lowest BCUT2D eigenvalue weighted by Crippen LogP contribution is -2.24. The third-order valence-corrected chi connectivity index (χ3v) is 3.20. The summed E-state index contributed by atoms with van der Waals surface area (Å²) in [5.74, 6) is 0.944. The van der Waals surface area contributed by atoms with Crippen LogP contribution in [-0.4, -0.2) is 25.3 Å². The molecule has 5 heteroatoms. The van der Waals surface area contributed by atoms with E-state index in [9.17, 15) is 4.79 Å². The lowest BCUT2D eigenvalue weighted by molar-refractivity contribution is -0.144. The van der Waals surface area contributed by atoms with E-state index in [1.165, 1.54) is 0 Å². The van der Waals surface area contributed by atoms with Gasteiger partial charge in [-0.3, -0.25) is 0 Å². The smallest absolute Gasteiger partial charge is 0.327 e. The topological polar surface area (TPSA) is 70.8 Å². The fraction of sp³-hybridized carbons (Fsp3) is 0.533. The van der Waals surface area contributed by atoms with Crippen LogP contribution in [0.5, 0.6) is 11.5 Å². The van der Waals surface area contributed by atoms with Crippen molar-refractivity contribution >= 4 is 5.97 Å². The third kappa shape index (κ3) is 2.88. The highest BCUT2D eigenvalue weighted by molar-refractivity contribution is 5.79. The average molecular weight is 279 g/mol. The van der Waals surface area contributed by atoms with Crippen LogP contribution in [0.4, 0.5) is 0 Å². The number of fused-ring (bicyclic) bond motifs is 1. The van der Waals surface area contributed by atoms with Crippen LogP contribution in [-0.2, 0) is 16.0 Å². The number of nitrogens with two attached hydrogens (primary N) is 1. The molecule has 20 heavy (non-hydrogen) atoms. The van der Waals surface area contributed by atoms with Crippen LogP contribution in [0.1, 0.15) is 37.9 Å². The van der Waals surface area contributed by atoms with Gasteiger partial charge in [-0.15, -0.1) is 0 Å². The molecule has 0 saturated carbocycles. The Morgan fingerprint density at radius 1 is 1.45 bits per heavy atom. The Labute approximate surface area is 119 Å². The van der Waals surface area contributed by atoms with Crippen molar-refractivity contribution in [3.05, 3.63) is 23.3 Å². The first-order valence-corrected chi connectivity index (χ1v) is 6.95. The molecule has 0 aliphatic carbocycles. The van der Waals surface area contributed by atoms with Crippen molar-refractivity contribution in [3.8, 4) is 11.5 Å². The highest BCUT2D eigenvalue weighted by Gasteiger charge is 2.27. The molecule has 1 aliphatic heterocycles. The van der Waals surface area contributed by atoms with E-state index in [0.717, 1.165) is 17.7 Å². The Hall–Kier alpha value is -1.75. The third-order valence-electron chi connectivity index (χ3n) is 3.20. The Bertz CT molecular complexity index is 501. The number of rotatable bonds is 5. The van der Waals surface area contributed by atoms with Crippen molar-refractivity contribution < 1.29 is 19.0 Å². The number of carbonyl (C=O) groups is 1. The van der Waals surface area contributed by atoms with Gasteiger partial charge in [0.25, 0.3) is 0 Å². The number of benzene rings is 1. The summed E-state index contributed by atoms with van der Waals surface area (Å²) in [6.07, 6.45) is 0.971. The van der Waals surface area contributed by atoms with Crippen LogP contribution < -0.4 is 15.2 Å². The Morgan fingerprint density at radius 3 is 2.85 bits per heavy atom. The Balaban J connectivity index is 2.35. The number of ether oxygens (including phenoxy) is 3. The molecule has 110 valence electrons. The lowest BCUT2D eigenvalue weighted by Gasteiger charge is -2.17. The standard InChI is InChI=1S/C15H21NO4/c1-4-18-13-7-10-6-9(3)20-12(10)8-11(13)14(16)15(17)19-5-2/h7-9,14H,4-6,16H2,1-3H3. The van der Waals surface area contributed by atoms with Crippen molar-refractivity contribution in [3.63, 3.8) is 0 Å². The summed E-state index contributed by atoms with van der Waals surface area (Å²) in [5.41, 5.74) is 7.67. The van der Waals surface area contributed by atoms with E-state index in [-0.39, 0.29) is 6.10 Å². The van der Waals surface area contributed by atoms with Crippen molar-refractivity contribution in [1.82, 2.24) is 0 Å². The van der Waals surface area contributed by atoms with E-state index in [2.05, 4.69) is 0 Å². The summed E-state index contributed by atoms with van der Waals surface area (Å²) in [6, 6.07) is 2.85. The van der Waals surface area contributed by atoms with Gasteiger partial charge in [0.1, 0.15) is 23.6 Å². The summed E-state index contributed by atoms with van der Waals surface area (Å²) in [5, 5.41) is 0. The van der Waals surface area contributed by atoms with Crippen LogP contribution in [0.25, 0.3) is 0 Å². The molecule has 5 nitrogen and oxygen atoms in total. The molecule has 0 bridgehead atoms. The van der Waals surface area contributed by atoms with Gasteiger partial charge < -0.3 is 19.9 Å². The molecule has 2 rings (SSSR count). The second-order valence-corrected chi connectivity index (χ2v) is 4.79. The fourth-order valence-corrected chi connectivity index (χ4v) is 2.34. The van der Waals surface area contributed by atoms with Gasteiger partial charge in [0.15, 0.2) is 0 Å². The fourth-order valence-electron chi connectivity index (χ4n) is 2.34. The molecular formula is C15H21NO4. The number of hydrogen-bond acceptors (Lipinski definition) is 5. The van der Waals surface area contributed by atoms with Crippen LogP contribution in [0, 0.1) is 0 Å². The minimum Gasteiger partial charge on any atom is -0.494 e. The molecule has 0 radical (unpaired) electrons. The first-order chi connectivity index (χ1) is 9.56. The van der Waals surface area contributed by atoms with Gasteiger partial charge in [-0.25, -0.2) is 4.79 Å². The van der Waals surface area contributed by atoms with E-state index in [1.54, 1.807) is 13.0 Å². The Kier molecular flexibility index (Phi) is 4.49. The molecule has 2 unspecified atom stereocenters. The largest absolute Gasteiger partial charge is 0.494 e. The minimum atomic E-state index is -0.860. The van der Waals surface area contributed by atoms with Crippen molar-refractivity contribution in [2.24, 2.45) is 5.73 Å². The molecule has 1 heterocycles. The first kappa shape index (κ1) is 14.7. The maximum Gasteiger partial charge on any atom is 0.327 e. The van der Waals surface area contributed by atoms with Crippen LogP contribution >= 0.6 is 0 Å². The highest BCUT2D eigenvalue weighted by Crippen LogP contribution is 2.37. The second-order valence-electron chi connectivity index (χ2n) is 4.79. The van der Waals surface area contributed by atoms with Gasteiger partial charge in [-0.1, -0.05) is 0 Å². The predicted octanol–water partition coefficient (Wildman–Crippen LogP) is 1.97. The number of esters is 1. The quantitative estimate of drug-likeness (QED) is 0.834. The van der Waals surface area contributed by atoms with Crippen molar-refractivity contribution in [1.29, 1.82) is 0 Å². The van der Waals surface area contributed by atoms with E-state index in [0.29, 0.717) is 24.5 Å². The number of carbonyl (C=O) groups excluding carboxylic acids is 1. The Morgan fingerprint density at radius 2 is 2.20 bits per heavy atom. The van der Waals surface area contributed by atoms with E-state index < -0.39 is 12.0 Å².